The first-order valence-electron chi connectivity index (χ1n) is 13.0. The monoisotopic (exact) mass is 537 g/mol. The number of fused-ring (bicyclic) bond motifs is 1. The largest absolute Gasteiger partial charge is 0.497 e. The summed E-state index contributed by atoms with van der Waals surface area (Å²) in [5.74, 6) is 0.557. The van der Waals surface area contributed by atoms with Gasteiger partial charge in [0.2, 0.25) is 0 Å². The van der Waals surface area contributed by atoms with Crippen LogP contribution in [-0.2, 0) is 12.7 Å². The Morgan fingerprint density at radius 2 is 1.77 bits per heavy atom. The van der Waals surface area contributed by atoms with Crippen LogP contribution in [0.1, 0.15) is 41.0 Å². The van der Waals surface area contributed by atoms with E-state index in [1.165, 1.54) is 18.7 Å². The molecule has 5 rings (SSSR count). The van der Waals surface area contributed by atoms with Gasteiger partial charge in [-0.2, -0.15) is 18.3 Å². The number of carbonyl (C=O) groups is 1. The van der Waals surface area contributed by atoms with E-state index < -0.39 is 17.8 Å². The quantitative estimate of drug-likeness (QED) is 0.323. The fourth-order valence-electron chi connectivity index (χ4n) is 4.95. The highest BCUT2D eigenvalue weighted by Gasteiger charge is 2.35. The molecule has 1 amide bonds. The maximum atomic E-state index is 13.9. The predicted molar refractivity (Wildman–Crippen MR) is 141 cm³/mol. The third-order valence-electron chi connectivity index (χ3n) is 7.13. The Labute approximate surface area is 224 Å². The van der Waals surface area contributed by atoms with Crippen LogP contribution in [0.3, 0.4) is 0 Å². The van der Waals surface area contributed by atoms with Gasteiger partial charge in [-0.3, -0.25) is 9.69 Å². The molecule has 1 aliphatic heterocycles. The smallest absolute Gasteiger partial charge is 0.433 e. The van der Waals surface area contributed by atoms with Gasteiger partial charge < -0.3 is 10.1 Å². The second-order valence-corrected chi connectivity index (χ2v) is 9.80. The molecule has 1 fully saturated rings. The Balaban J connectivity index is 1.21. The van der Waals surface area contributed by atoms with Gasteiger partial charge in [-0.05, 0) is 74.2 Å². The highest BCUT2D eigenvalue weighted by atomic mass is 19.4. The fourth-order valence-corrected chi connectivity index (χ4v) is 4.95. The van der Waals surface area contributed by atoms with Gasteiger partial charge in [0.15, 0.2) is 17.0 Å². The van der Waals surface area contributed by atoms with Crippen LogP contribution in [0.15, 0.2) is 66.7 Å². The number of ether oxygens (including phenoxy) is 1. The molecule has 0 atom stereocenters. The molecule has 10 heteroatoms. The summed E-state index contributed by atoms with van der Waals surface area (Å²) >= 11 is 0. The van der Waals surface area contributed by atoms with Crippen molar-refractivity contribution in [1.82, 2.24) is 24.8 Å². The molecular formula is C29H30F3N5O2. The molecule has 4 aromatic rings. The SMILES string of the molecule is COc1ccc(-c2cc(C(F)(F)F)n3nc(C(=O)NCCC4CCN(Cc5ccccc5)CC4)cc3n2)cc1. The lowest BCUT2D eigenvalue weighted by atomic mass is 9.93. The number of nitrogens with one attached hydrogen (secondary N) is 1. The number of hydrogen-bond donors (Lipinski definition) is 1. The first kappa shape index (κ1) is 26.7. The van der Waals surface area contributed by atoms with Crippen LogP contribution in [0.2, 0.25) is 0 Å². The van der Waals surface area contributed by atoms with Gasteiger partial charge in [-0.1, -0.05) is 30.3 Å². The summed E-state index contributed by atoms with van der Waals surface area (Å²) in [6.07, 6.45) is -1.78. The molecule has 39 heavy (non-hydrogen) atoms. The Morgan fingerprint density at radius 1 is 1.05 bits per heavy atom. The molecule has 0 radical (unpaired) electrons. The zero-order chi connectivity index (χ0) is 27.4. The molecule has 1 aliphatic rings. The second-order valence-electron chi connectivity index (χ2n) is 9.80. The van der Waals surface area contributed by atoms with Gasteiger partial charge in [-0.15, -0.1) is 0 Å². The minimum atomic E-state index is -4.68. The number of nitrogens with zero attached hydrogens (tertiary/aromatic N) is 4. The van der Waals surface area contributed by atoms with Crippen LogP contribution in [0, 0.1) is 5.92 Å². The summed E-state index contributed by atoms with van der Waals surface area (Å²) in [7, 11) is 1.51. The van der Waals surface area contributed by atoms with Crippen LogP contribution < -0.4 is 10.1 Å². The average Bonchev–Trinajstić information content (AvgIpc) is 3.38. The summed E-state index contributed by atoms with van der Waals surface area (Å²) in [6.45, 7) is 3.38. The van der Waals surface area contributed by atoms with E-state index in [1.807, 2.05) is 18.2 Å². The number of methoxy groups -OCH3 is 1. The van der Waals surface area contributed by atoms with Crippen LogP contribution in [0.4, 0.5) is 13.2 Å². The van der Waals surface area contributed by atoms with E-state index in [0.29, 0.717) is 28.3 Å². The second kappa shape index (κ2) is 11.4. The molecule has 0 unspecified atom stereocenters. The summed E-state index contributed by atoms with van der Waals surface area (Å²) in [5, 5.41) is 6.78. The third kappa shape index (κ3) is 6.39. The van der Waals surface area contributed by atoms with Gasteiger partial charge in [0.1, 0.15) is 5.75 Å². The van der Waals surface area contributed by atoms with Crippen molar-refractivity contribution in [3.05, 3.63) is 83.7 Å². The Hall–Kier alpha value is -3.92. The lowest BCUT2D eigenvalue weighted by Gasteiger charge is -2.32. The summed E-state index contributed by atoms with van der Waals surface area (Å²) < 4.78 is 47.5. The van der Waals surface area contributed by atoms with Gasteiger partial charge in [0, 0.05) is 24.7 Å². The third-order valence-corrected chi connectivity index (χ3v) is 7.13. The highest BCUT2D eigenvalue weighted by Crippen LogP contribution is 2.33. The van der Waals surface area contributed by atoms with Crippen LogP contribution in [-0.4, -0.2) is 52.1 Å². The van der Waals surface area contributed by atoms with Gasteiger partial charge in [0.05, 0.1) is 12.8 Å². The number of benzene rings is 2. The zero-order valence-corrected chi connectivity index (χ0v) is 21.6. The molecule has 0 saturated carbocycles. The normalized spacial score (nSPS) is 15.0. The van der Waals surface area contributed by atoms with E-state index in [2.05, 4.69) is 32.4 Å². The Kier molecular flexibility index (Phi) is 7.83. The van der Waals surface area contributed by atoms with Crippen LogP contribution >= 0.6 is 0 Å². The number of halogens is 3. The number of rotatable bonds is 8. The average molecular weight is 538 g/mol. The number of piperidine rings is 1. The molecule has 0 aliphatic carbocycles. The minimum Gasteiger partial charge on any atom is -0.497 e. The minimum absolute atomic E-state index is 0.0495. The standard InChI is InChI=1S/C29H30F3N5O2/c1-39-23-9-7-22(8-10-23)24-17-26(29(30,31)32)37-27(34-24)18-25(35-37)28(38)33-14-11-20-12-15-36(16-13-20)19-21-5-3-2-4-6-21/h2-10,17-18,20H,11-16,19H2,1H3,(H,33,38). The first-order valence-corrected chi connectivity index (χ1v) is 13.0. The highest BCUT2D eigenvalue weighted by molar-refractivity contribution is 5.93. The molecule has 204 valence electrons. The topological polar surface area (TPSA) is 71.8 Å². The number of amides is 1. The van der Waals surface area contributed by atoms with Crippen molar-refractivity contribution in [2.45, 2.75) is 32.0 Å². The van der Waals surface area contributed by atoms with E-state index in [1.54, 1.807) is 24.3 Å². The summed E-state index contributed by atoms with van der Waals surface area (Å²) in [6, 6.07) is 19.2. The lowest BCUT2D eigenvalue weighted by molar-refractivity contribution is -0.142. The molecule has 1 N–H and O–H groups in total. The van der Waals surface area contributed by atoms with E-state index >= 15 is 0 Å². The van der Waals surface area contributed by atoms with Crippen molar-refractivity contribution < 1.29 is 22.7 Å². The molecule has 1 saturated heterocycles. The summed E-state index contributed by atoms with van der Waals surface area (Å²) in [5.41, 5.74) is 0.771. The van der Waals surface area contributed by atoms with Gasteiger partial charge in [0.25, 0.3) is 5.91 Å². The van der Waals surface area contributed by atoms with Crippen molar-refractivity contribution in [2.75, 3.05) is 26.7 Å². The number of likely N-dealkylation sites (tertiary alicyclic amines) is 1. The Morgan fingerprint density at radius 3 is 2.44 bits per heavy atom. The number of hydrogen-bond acceptors (Lipinski definition) is 5. The molecule has 2 aromatic carbocycles. The van der Waals surface area contributed by atoms with Crippen LogP contribution in [0.5, 0.6) is 5.75 Å². The van der Waals surface area contributed by atoms with Crippen molar-refractivity contribution in [1.29, 1.82) is 0 Å². The first-order chi connectivity index (χ1) is 18.8. The Bertz CT molecular complexity index is 1410. The number of carbonyl (C=O) groups excluding carboxylic acids is 1. The summed E-state index contributed by atoms with van der Waals surface area (Å²) in [4.78, 5) is 19.6. The van der Waals surface area contributed by atoms with Gasteiger partial charge in [-0.25, -0.2) is 9.50 Å². The maximum absolute atomic E-state index is 13.9. The van der Waals surface area contributed by atoms with Crippen LogP contribution in [0.25, 0.3) is 16.9 Å². The molecule has 3 heterocycles. The predicted octanol–water partition coefficient (Wildman–Crippen LogP) is 5.46. The van der Waals surface area contributed by atoms with Crippen molar-refractivity contribution >= 4 is 11.6 Å². The zero-order valence-electron chi connectivity index (χ0n) is 21.6. The molecule has 0 bridgehead atoms. The fraction of sp³-hybridized carbons (Fsp3) is 0.345. The molecular weight excluding hydrogens is 507 g/mol. The van der Waals surface area contributed by atoms with Gasteiger partial charge >= 0.3 is 6.18 Å². The van der Waals surface area contributed by atoms with E-state index in [-0.39, 0.29) is 17.0 Å². The molecule has 7 nitrogen and oxygen atoms in total. The van der Waals surface area contributed by atoms with E-state index in [4.69, 9.17) is 4.74 Å². The molecule has 2 aromatic heterocycles. The van der Waals surface area contributed by atoms with Crippen molar-refractivity contribution in [3.8, 4) is 17.0 Å². The lowest BCUT2D eigenvalue weighted by Crippen LogP contribution is -2.35. The number of alkyl halides is 3. The van der Waals surface area contributed by atoms with Crippen molar-refractivity contribution in [2.24, 2.45) is 5.92 Å². The van der Waals surface area contributed by atoms with Crippen molar-refractivity contribution in [3.63, 3.8) is 0 Å². The maximum Gasteiger partial charge on any atom is 0.433 e. The van der Waals surface area contributed by atoms with E-state index in [0.717, 1.165) is 45.0 Å². The number of aromatic nitrogens is 3. The van der Waals surface area contributed by atoms with E-state index in [9.17, 15) is 18.0 Å². The molecule has 0 spiro atoms.